The van der Waals surface area contributed by atoms with Crippen LogP contribution >= 0.6 is 35.0 Å². The summed E-state index contributed by atoms with van der Waals surface area (Å²) in [5, 5.41) is 14.8. The first-order chi connectivity index (χ1) is 8.52. The number of rotatable bonds is 4. The lowest BCUT2D eigenvalue weighted by molar-refractivity contribution is 0.0651. The minimum absolute atomic E-state index is 0.0748. The Bertz CT molecular complexity index is 421. The van der Waals surface area contributed by atoms with Crippen molar-refractivity contribution in [1.82, 2.24) is 5.32 Å². The molecule has 2 nitrogen and oxygen atoms in total. The molecule has 100 valence electrons. The van der Waals surface area contributed by atoms with Crippen LogP contribution in [-0.2, 0) is 0 Å². The third-order valence-corrected chi connectivity index (χ3v) is 5.34. The van der Waals surface area contributed by atoms with E-state index in [1.165, 1.54) is 0 Å². The van der Waals surface area contributed by atoms with Crippen molar-refractivity contribution >= 4 is 35.0 Å². The van der Waals surface area contributed by atoms with Gasteiger partial charge in [-0.1, -0.05) is 35.3 Å². The molecule has 2 unspecified atom stereocenters. The lowest BCUT2D eigenvalue weighted by Crippen LogP contribution is -2.41. The van der Waals surface area contributed by atoms with Crippen molar-refractivity contribution in [2.75, 3.05) is 18.1 Å². The second-order valence-corrected chi connectivity index (χ2v) is 6.66. The normalized spacial score (nSPS) is 25.3. The van der Waals surface area contributed by atoms with Gasteiger partial charge < -0.3 is 10.4 Å². The predicted molar refractivity (Wildman–Crippen MR) is 79.8 cm³/mol. The molecule has 1 aliphatic heterocycles. The number of thioether (sulfide) groups is 1. The van der Waals surface area contributed by atoms with Gasteiger partial charge in [-0.3, -0.25) is 0 Å². The Balaban J connectivity index is 1.99. The average Bonchev–Trinajstić information content (AvgIpc) is 2.77. The second-order valence-electron chi connectivity index (χ2n) is 4.77. The van der Waals surface area contributed by atoms with Crippen LogP contribution < -0.4 is 5.32 Å². The van der Waals surface area contributed by atoms with Crippen molar-refractivity contribution in [3.63, 3.8) is 0 Å². The molecule has 2 rings (SSSR count). The van der Waals surface area contributed by atoms with E-state index in [1.807, 2.05) is 19.1 Å². The molecule has 1 heterocycles. The third kappa shape index (κ3) is 3.34. The van der Waals surface area contributed by atoms with E-state index in [-0.39, 0.29) is 6.04 Å². The summed E-state index contributed by atoms with van der Waals surface area (Å²) in [6.45, 7) is 2.62. The maximum Gasteiger partial charge on any atom is 0.0869 e. The summed E-state index contributed by atoms with van der Waals surface area (Å²) < 4.78 is 0. The van der Waals surface area contributed by atoms with Crippen LogP contribution in [-0.4, -0.2) is 28.8 Å². The zero-order valence-corrected chi connectivity index (χ0v) is 12.6. The predicted octanol–water partition coefficient (Wildman–Crippen LogP) is 3.51. The minimum atomic E-state index is -0.579. The topological polar surface area (TPSA) is 32.3 Å². The standard InChI is InChI=1S/C13H17Cl2NOS/c1-9(10-3-2-4-11(14)12(10)15)16-7-13(17)5-6-18-8-13/h2-4,9,16-17H,5-8H2,1H3. The molecule has 0 bridgehead atoms. The van der Waals surface area contributed by atoms with Crippen LogP contribution in [0.1, 0.15) is 24.9 Å². The van der Waals surface area contributed by atoms with E-state index in [2.05, 4.69) is 5.32 Å². The van der Waals surface area contributed by atoms with Gasteiger partial charge in [0.1, 0.15) is 0 Å². The average molecular weight is 306 g/mol. The third-order valence-electron chi connectivity index (χ3n) is 3.27. The van der Waals surface area contributed by atoms with E-state index in [4.69, 9.17) is 23.2 Å². The SMILES string of the molecule is CC(NCC1(O)CCSC1)c1cccc(Cl)c1Cl. The van der Waals surface area contributed by atoms with E-state index >= 15 is 0 Å². The quantitative estimate of drug-likeness (QED) is 0.893. The maximum atomic E-state index is 10.3. The molecule has 5 heteroatoms. The van der Waals surface area contributed by atoms with Crippen LogP contribution in [0.2, 0.25) is 10.0 Å². The van der Waals surface area contributed by atoms with Gasteiger partial charge >= 0.3 is 0 Å². The molecule has 0 spiro atoms. The van der Waals surface area contributed by atoms with Gasteiger partial charge in [0.15, 0.2) is 0 Å². The molecule has 1 aromatic carbocycles. The molecule has 2 N–H and O–H groups in total. The van der Waals surface area contributed by atoms with Gasteiger partial charge in [0.05, 0.1) is 15.6 Å². The first-order valence-electron chi connectivity index (χ1n) is 5.99. The van der Waals surface area contributed by atoms with Crippen LogP contribution in [0.5, 0.6) is 0 Å². The first-order valence-corrected chi connectivity index (χ1v) is 7.90. The van der Waals surface area contributed by atoms with Crippen LogP contribution in [0.3, 0.4) is 0 Å². The first kappa shape index (κ1) is 14.5. The molecule has 18 heavy (non-hydrogen) atoms. The summed E-state index contributed by atoms with van der Waals surface area (Å²) in [5.41, 5.74) is 0.391. The summed E-state index contributed by atoms with van der Waals surface area (Å²) in [6.07, 6.45) is 0.848. The Morgan fingerprint density at radius 1 is 1.50 bits per heavy atom. The molecular weight excluding hydrogens is 289 g/mol. The fraction of sp³-hybridized carbons (Fsp3) is 0.538. The van der Waals surface area contributed by atoms with E-state index in [9.17, 15) is 5.11 Å². The Morgan fingerprint density at radius 2 is 2.28 bits per heavy atom. The molecule has 1 aliphatic rings. The fourth-order valence-corrected chi connectivity index (χ4v) is 3.81. The van der Waals surface area contributed by atoms with Gasteiger partial charge in [0, 0.05) is 18.3 Å². The Hall–Kier alpha value is 0.0700. The summed E-state index contributed by atoms with van der Waals surface area (Å²) in [6, 6.07) is 5.70. The lowest BCUT2D eigenvalue weighted by atomic mass is 10.0. The zero-order chi connectivity index (χ0) is 13.2. The van der Waals surface area contributed by atoms with Crippen molar-refractivity contribution in [1.29, 1.82) is 0 Å². The summed E-state index contributed by atoms with van der Waals surface area (Å²) in [7, 11) is 0. The monoisotopic (exact) mass is 305 g/mol. The largest absolute Gasteiger partial charge is 0.388 e. The number of aliphatic hydroxyl groups is 1. The Kier molecular flexibility index (Phi) is 4.84. The second kappa shape index (κ2) is 6.02. The Morgan fingerprint density at radius 3 is 2.94 bits per heavy atom. The van der Waals surface area contributed by atoms with E-state index in [1.54, 1.807) is 17.8 Å². The zero-order valence-electron chi connectivity index (χ0n) is 10.2. The van der Waals surface area contributed by atoms with Crippen molar-refractivity contribution in [3.05, 3.63) is 33.8 Å². The number of hydrogen-bond donors (Lipinski definition) is 2. The number of halogens is 2. The highest BCUT2D eigenvalue weighted by atomic mass is 35.5. The van der Waals surface area contributed by atoms with Gasteiger partial charge in [0.2, 0.25) is 0 Å². The maximum absolute atomic E-state index is 10.3. The summed E-state index contributed by atoms with van der Waals surface area (Å²) in [4.78, 5) is 0. The molecule has 1 fully saturated rings. The van der Waals surface area contributed by atoms with Crippen molar-refractivity contribution in [2.45, 2.75) is 25.0 Å². The van der Waals surface area contributed by atoms with Crippen LogP contribution in [0.4, 0.5) is 0 Å². The van der Waals surface area contributed by atoms with E-state index in [0.717, 1.165) is 23.5 Å². The smallest absolute Gasteiger partial charge is 0.0869 e. The highest BCUT2D eigenvalue weighted by Gasteiger charge is 2.31. The van der Waals surface area contributed by atoms with Crippen LogP contribution in [0.25, 0.3) is 0 Å². The van der Waals surface area contributed by atoms with E-state index in [0.29, 0.717) is 16.6 Å². The Labute approximate surface area is 122 Å². The van der Waals surface area contributed by atoms with Gasteiger partial charge in [0.25, 0.3) is 0 Å². The molecule has 2 atom stereocenters. The highest BCUT2D eigenvalue weighted by molar-refractivity contribution is 7.99. The van der Waals surface area contributed by atoms with Crippen LogP contribution in [0, 0.1) is 0 Å². The molecule has 1 aromatic rings. The molecule has 0 amide bonds. The van der Waals surface area contributed by atoms with Gasteiger partial charge in [-0.15, -0.1) is 0 Å². The highest BCUT2D eigenvalue weighted by Crippen LogP contribution is 2.31. The van der Waals surface area contributed by atoms with Crippen LogP contribution in [0.15, 0.2) is 18.2 Å². The molecule has 0 radical (unpaired) electrons. The van der Waals surface area contributed by atoms with E-state index < -0.39 is 5.60 Å². The van der Waals surface area contributed by atoms with Gasteiger partial charge in [-0.25, -0.2) is 0 Å². The van der Waals surface area contributed by atoms with Crippen molar-refractivity contribution < 1.29 is 5.11 Å². The lowest BCUT2D eigenvalue weighted by Gasteiger charge is -2.25. The van der Waals surface area contributed by atoms with Gasteiger partial charge in [-0.2, -0.15) is 11.8 Å². The van der Waals surface area contributed by atoms with Crippen molar-refractivity contribution in [3.8, 4) is 0 Å². The number of hydrogen-bond acceptors (Lipinski definition) is 3. The minimum Gasteiger partial charge on any atom is -0.388 e. The number of benzene rings is 1. The van der Waals surface area contributed by atoms with Crippen molar-refractivity contribution in [2.24, 2.45) is 0 Å². The summed E-state index contributed by atoms with van der Waals surface area (Å²) >= 11 is 14.0. The molecule has 0 aliphatic carbocycles. The fourth-order valence-electron chi connectivity index (χ4n) is 2.04. The summed E-state index contributed by atoms with van der Waals surface area (Å²) in [5.74, 6) is 1.83. The molecule has 0 aromatic heterocycles. The van der Waals surface area contributed by atoms with Gasteiger partial charge in [-0.05, 0) is 30.7 Å². The number of nitrogens with one attached hydrogen (secondary N) is 1. The molecule has 0 saturated carbocycles. The molecule has 1 saturated heterocycles. The molecular formula is C13H17Cl2NOS.